The van der Waals surface area contributed by atoms with E-state index in [2.05, 4.69) is 28.5 Å². The Morgan fingerprint density at radius 3 is 2.83 bits per heavy atom. The maximum absolute atomic E-state index is 5.62. The predicted molar refractivity (Wildman–Crippen MR) is 72.4 cm³/mol. The van der Waals surface area contributed by atoms with Crippen LogP contribution < -0.4 is 5.32 Å². The number of rotatable bonds is 6. The third kappa shape index (κ3) is 3.23. The van der Waals surface area contributed by atoms with E-state index in [1.807, 2.05) is 18.2 Å². The molecule has 96 valence electrons. The lowest BCUT2D eigenvalue weighted by Gasteiger charge is -2.07. The number of alkyl halides is 1. The Labute approximate surface area is 111 Å². The van der Waals surface area contributed by atoms with Gasteiger partial charge < -0.3 is 9.73 Å². The quantitative estimate of drug-likeness (QED) is 0.812. The molecule has 4 nitrogen and oxygen atoms in total. The van der Waals surface area contributed by atoms with E-state index in [0.29, 0.717) is 24.2 Å². The van der Waals surface area contributed by atoms with Crippen LogP contribution in [0.25, 0.3) is 0 Å². The minimum atomic E-state index is 0.415. The molecular weight excluding hydrogens is 250 g/mol. The fraction of sp³-hybridized carbons (Fsp3) is 0.385. The molecule has 1 aromatic heterocycles. The molecule has 0 unspecified atom stereocenters. The standard InChI is InChI=1S/C13H16ClN3O/c1-2-5-10-6-3-4-7-11(10)15-13-17-16-12(18-13)8-9-14/h3-4,6-7H,2,5,8-9H2,1H3,(H,15,17). The van der Waals surface area contributed by atoms with Crippen molar-refractivity contribution in [3.63, 3.8) is 0 Å². The van der Waals surface area contributed by atoms with Crippen LogP contribution in [-0.4, -0.2) is 16.1 Å². The van der Waals surface area contributed by atoms with Crippen molar-refractivity contribution in [3.05, 3.63) is 35.7 Å². The highest BCUT2D eigenvalue weighted by molar-refractivity contribution is 6.17. The summed E-state index contributed by atoms with van der Waals surface area (Å²) < 4.78 is 5.44. The van der Waals surface area contributed by atoms with Crippen LogP contribution >= 0.6 is 11.6 Å². The van der Waals surface area contributed by atoms with E-state index in [1.54, 1.807) is 0 Å². The topological polar surface area (TPSA) is 51.0 Å². The molecule has 0 aliphatic rings. The summed E-state index contributed by atoms with van der Waals surface area (Å²) in [7, 11) is 0. The second kappa shape index (κ2) is 6.40. The molecule has 0 aliphatic heterocycles. The zero-order valence-electron chi connectivity index (χ0n) is 10.3. The van der Waals surface area contributed by atoms with E-state index >= 15 is 0 Å². The fourth-order valence-corrected chi connectivity index (χ4v) is 1.89. The average molecular weight is 266 g/mol. The van der Waals surface area contributed by atoms with Crippen molar-refractivity contribution < 1.29 is 4.42 Å². The van der Waals surface area contributed by atoms with Crippen LogP contribution in [0.4, 0.5) is 11.7 Å². The molecule has 5 heteroatoms. The normalized spacial score (nSPS) is 10.6. The van der Waals surface area contributed by atoms with E-state index < -0.39 is 0 Å². The monoisotopic (exact) mass is 265 g/mol. The molecule has 0 saturated heterocycles. The van der Waals surface area contributed by atoms with Crippen LogP contribution in [0.3, 0.4) is 0 Å². The summed E-state index contributed by atoms with van der Waals surface area (Å²) in [5.74, 6) is 1.04. The van der Waals surface area contributed by atoms with Crippen molar-refractivity contribution >= 4 is 23.3 Å². The first kappa shape index (κ1) is 12.9. The smallest absolute Gasteiger partial charge is 0.320 e. The summed E-state index contributed by atoms with van der Waals surface area (Å²) in [6.07, 6.45) is 2.71. The lowest BCUT2D eigenvalue weighted by Crippen LogP contribution is -1.95. The van der Waals surface area contributed by atoms with Crippen molar-refractivity contribution in [2.75, 3.05) is 11.2 Å². The molecule has 2 aromatic rings. The summed E-state index contributed by atoms with van der Waals surface area (Å²) in [6.45, 7) is 2.15. The van der Waals surface area contributed by atoms with Crippen LogP contribution in [0.2, 0.25) is 0 Å². The Hall–Kier alpha value is -1.55. The van der Waals surface area contributed by atoms with Crippen LogP contribution in [0.15, 0.2) is 28.7 Å². The van der Waals surface area contributed by atoms with Crippen LogP contribution in [-0.2, 0) is 12.8 Å². The first-order chi connectivity index (χ1) is 8.83. The first-order valence-corrected chi connectivity index (χ1v) is 6.60. The number of nitrogens with one attached hydrogen (secondary N) is 1. The molecule has 0 saturated carbocycles. The molecule has 1 aromatic carbocycles. The fourth-order valence-electron chi connectivity index (χ4n) is 1.73. The van der Waals surface area contributed by atoms with E-state index in [1.165, 1.54) is 5.56 Å². The maximum Gasteiger partial charge on any atom is 0.320 e. The number of aryl methyl sites for hydroxylation is 2. The van der Waals surface area contributed by atoms with Crippen LogP contribution in [0.1, 0.15) is 24.8 Å². The van der Waals surface area contributed by atoms with Crippen LogP contribution in [0.5, 0.6) is 0 Å². The van der Waals surface area contributed by atoms with Gasteiger partial charge in [0.2, 0.25) is 5.89 Å². The maximum atomic E-state index is 5.62. The van der Waals surface area contributed by atoms with Gasteiger partial charge in [-0.2, -0.15) is 0 Å². The highest BCUT2D eigenvalue weighted by atomic mass is 35.5. The SMILES string of the molecule is CCCc1ccccc1Nc1nnc(CCCl)o1. The number of hydrogen-bond donors (Lipinski definition) is 1. The second-order valence-electron chi connectivity index (χ2n) is 3.97. The predicted octanol–water partition coefficient (Wildman–Crippen LogP) is 3.55. The molecule has 0 fully saturated rings. The molecular formula is C13H16ClN3O. The summed E-state index contributed by atoms with van der Waals surface area (Å²) >= 11 is 5.62. The first-order valence-electron chi connectivity index (χ1n) is 6.06. The third-order valence-corrected chi connectivity index (χ3v) is 2.74. The number of nitrogens with zero attached hydrogens (tertiary/aromatic N) is 2. The van der Waals surface area contributed by atoms with E-state index in [9.17, 15) is 0 Å². The molecule has 0 spiro atoms. The van der Waals surface area contributed by atoms with Gasteiger partial charge >= 0.3 is 6.01 Å². The molecule has 0 atom stereocenters. The Bertz CT molecular complexity index is 498. The summed E-state index contributed by atoms with van der Waals surface area (Å²) in [5, 5.41) is 11.0. The third-order valence-electron chi connectivity index (χ3n) is 2.55. The van der Waals surface area contributed by atoms with Gasteiger partial charge in [-0.1, -0.05) is 36.6 Å². The molecule has 1 N–H and O–H groups in total. The number of aromatic nitrogens is 2. The number of anilines is 2. The van der Waals surface area contributed by atoms with Gasteiger partial charge in [-0.05, 0) is 18.1 Å². The van der Waals surface area contributed by atoms with Crippen molar-refractivity contribution in [3.8, 4) is 0 Å². The Morgan fingerprint density at radius 1 is 1.22 bits per heavy atom. The Balaban J connectivity index is 2.12. The van der Waals surface area contributed by atoms with Gasteiger partial charge in [-0.3, -0.25) is 0 Å². The lowest BCUT2D eigenvalue weighted by molar-refractivity contribution is 0.516. The lowest BCUT2D eigenvalue weighted by atomic mass is 10.1. The van der Waals surface area contributed by atoms with Gasteiger partial charge in [-0.15, -0.1) is 16.7 Å². The van der Waals surface area contributed by atoms with Gasteiger partial charge in [0.25, 0.3) is 0 Å². The summed E-state index contributed by atoms with van der Waals surface area (Å²) in [4.78, 5) is 0. The molecule has 0 amide bonds. The number of para-hydroxylation sites is 1. The molecule has 18 heavy (non-hydrogen) atoms. The molecule has 2 rings (SSSR count). The summed E-state index contributed by atoms with van der Waals surface area (Å²) in [6, 6.07) is 8.54. The molecule has 0 bridgehead atoms. The van der Waals surface area contributed by atoms with Gasteiger partial charge in [0.05, 0.1) is 0 Å². The second-order valence-corrected chi connectivity index (χ2v) is 4.35. The molecule has 1 heterocycles. The zero-order valence-corrected chi connectivity index (χ0v) is 11.1. The van der Waals surface area contributed by atoms with Crippen molar-refractivity contribution in [2.24, 2.45) is 0 Å². The zero-order chi connectivity index (χ0) is 12.8. The highest BCUT2D eigenvalue weighted by Crippen LogP contribution is 2.21. The number of benzene rings is 1. The number of halogens is 1. The minimum Gasteiger partial charge on any atom is -0.408 e. The average Bonchev–Trinajstić information content (AvgIpc) is 2.80. The largest absolute Gasteiger partial charge is 0.408 e. The van der Waals surface area contributed by atoms with Gasteiger partial charge in [-0.25, -0.2) is 0 Å². The molecule has 0 radical (unpaired) electrons. The Kier molecular flexibility index (Phi) is 4.59. The Morgan fingerprint density at radius 2 is 2.06 bits per heavy atom. The highest BCUT2D eigenvalue weighted by Gasteiger charge is 2.07. The van der Waals surface area contributed by atoms with Crippen molar-refractivity contribution in [2.45, 2.75) is 26.2 Å². The van der Waals surface area contributed by atoms with Crippen molar-refractivity contribution in [1.82, 2.24) is 10.2 Å². The molecule has 0 aliphatic carbocycles. The van der Waals surface area contributed by atoms with E-state index in [0.717, 1.165) is 18.5 Å². The van der Waals surface area contributed by atoms with Gasteiger partial charge in [0, 0.05) is 18.0 Å². The van der Waals surface area contributed by atoms with Gasteiger partial charge in [0.1, 0.15) is 0 Å². The number of hydrogen-bond acceptors (Lipinski definition) is 4. The van der Waals surface area contributed by atoms with Crippen molar-refractivity contribution in [1.29, 1.82) is 0 Å². The van der Waals surface area contributed by atoms with Crippen LogP contribution in [0, 0.1) is 0 Å². The van der Waals surface area contributed by atoms with Gasteiger partial charge in [0.15, 0.2) is 0 Å². The minimum absolute atomic E-state index is 0.415. The summed E-state index contributed by atoms with van der Waals surface area (Å²) in [5.41, 5.74) is 2.26. The van der Waals surface area contributed by atoms with E-state index in [4.69, 9.17) is 16.0 Å². The van der Waals surface area contributed by atoms with E-state index in [-0.39, 0.29) is 0 Å².